The van der Waals surface area contributed by atoms with E-state index in [4.69, 9.17) is 5.11 Å². The summed E-state index contributed by atoms with van der Waals surface area (Å²) >= 11 is 0. The van der Waals surface area contributed by atoms with Crippen molar-refractivity contribution in [2.45, 2.75) is 25.3 Å². The number of hydrogen-bond acceptors (Lipinski definition) is 4. The zero-order chi connectivity index (χ0) is 17.3. The first-order valence-electron chi connectivity index (χ1n) is 8.25. The molecule has 1 fully saturated rings. The Bertz CT molecular complexity index is 644. The Kier molecular flexibility index (Phi) is 4.71. The topological polar surface area (TPSA) is 72.9 Å². The largest absolute Gasteiger partial charge is 0.480 e. The van der Waals surface area contributed by atoms with Crippen LogP contribution < -0.4 is 15.1 Å². The third-order valence-electron chi connectivity index (χ3n) is 4.84. The summed E-state index contributed by atoms with van der Waals surface area (Å²) in [4.78, 5) is 27.7. The van der Waals surface area contributed by atoms with Gasteiger partial charge in [-0.3, -0.25) is 9.59 Å². The Balaban J connectivity index is 1.80. The third-order valence-corrected chi connectivity index (χ3v) is 4.84. The van der Waals surface area contributed by atoms with E-state index in [1.54, 1.807) is 11.0 Å². The number of fused-ring (bicyclic) bond motifs is 1. The number of hydrogen-bond donors (Lipinski definition) is 2. The van der Waals surface area contributed by atoms with Gasteiger partial charge >= 0.3 is 5.97 Å². The number of carbonyl (C=O) groups excluding carboxylic acids is 1. The van der Waals surface area contributed by atoms with Gasteiger partial charge in [-0.05, 0) is 37.5 Å². The van der Waals surface area contributed by atoms with Crippen LogP contribution in [0, 0.1) is 11.7 Å². The van der Waals surface area contributed by atoms with E-state index in [2.05, 4.69) is 5.32 Å². The van der Waals surface area contributed by atoms with Crippen molar-refractivity contribution in [2.75, 3.05) is 36.5 Å². The third kappa shape index (κ3) is 3.21. The monoisotopic (exact) mass is 335 g/mol. The van der Waals surface area contributed by atoms with Crippen LogP contribution in [0.2, 0.25) is 0 Å². The van der Waals surface area contributed by atoms with Gasteiger partial charge in [0.25, 0.3) is 0 Å². The van der Waals surface area contributed by atoms with E-state index < -0.39 is 12.0 Å². The Morgan fingerprint density at radius 2 is 2.04 bits per heavy atom. The van der Waals surface area contributed by atoms with Crippen LogP contribution in [0.25, 0.3) is 0 Å². The van der Waals surface area contributed by atoms with E-state index in [0.29, 0.717) is 31.6 Å². The molecule has 0 aliphatic carbocycles. The highest BCUT2D eigenvalue weighted by atomic mass is 19.1. The summed E-state index contributed by atoms with van der Waals surface area (Å²) in [6.45, 7) is 1.70. The average Bonchev–Trinajstić information content (AvgIpc) is 2.73. The molecule has 1 aromatic rings. The molecule has 7 heteroatoms. The molecule has 24 heavy (non-hydrogen) atoms. The zero-order valence-corrected chi connectivity index (χ0v) is 13.7. The van der Waals surface area contributed by atoms with E-state index in [1.165, 1.54) is 12.1 Å². The number of nitrogens with zero attached hydrogens (tertiary/aromatic N) is 2. The number of amides is 1. The molecule has 2 N–H and O–H groups in total. The number of piperidine rings is 1. The maximum Gasteiger partial charge on any atom is 0.320 e. The van der Waals surface area contributed by atoms with E-state index >= 15 is 0 Å². The summed E-state index contributed by atoms with van der Waals surface area (Å²) < 4.78 is 13.6. The van der Waals surface area contributed by atoms with Crippen LogP contribution in [-0.4, -0.2) is 49.7 Å². The normalized spacial score (nSPS) is 24.2. The average molecular weight is 335 g/mol. The fourth-order valence-electron chi connectivity index (χ4n) is 3.46. The molecule has 2 unspecified atom stereocenters. The van der Waals surface area contributed by atoms with Crippen molar-refractivity contribution >= 4 is 23.3 Å². The molecule has 2 aliphatic heterocycles. The minimum atomic E-state index is -0.877. The maximum absolute atomic E-state index is 13.6. The summed E-state index contributed by atoms with van der Waals surface area (Å²) in [7, 11) is 1.89. The standard InChI is InChI=1S/C17H22FN3O3/c1-20-7-2-8-21(14-6-4-12(18)9-15(14)20)16(22)11-3-5-13(17(23)24)19-10-11/h4,6,9,11,13,19H,2-3,5,7-8,10H2,1H3,(H,23,24). The highest BCUT2D eigenvalue weighted by molar-refractivity contribution is 5.98. The molecular formula is C17H22FN3O3. The fourth-order valence-corrected chi connectivity index (χ4v) is 3.46. The zero-order valence-electron chi connectivity index (χ0n) is 13.7. The number of nitrogens with one attached hydrogen (secondary N) is 1. The molecule has 1 aromatic carbocycles. The number of carboxylic acid groups (broad SMARTS) is 1. The molecule has 1 saturated heterocycles. The Labute approximate surface area is 140 Å². The van der Waals surface area contributed by atoms with Crippen LogP contribution in [-0.2, 0) is 9.59 Å². The van der Waals surface area contributed by atoms with Crippen molar-refractivity contribution in [1.82, 2.24) is 5.32 Å². The lowest BCUT2D eigenvalue weighted by molar-refractivity contribution is -0.141. The molecule has 6 nitrogen and oxygen atoms in total. The predicted molar refractivity (Wildman–Crippen MR) is 88.8 cm³/mol. The second-order valence-corrected chi connectivity index (χ2v) is 6.47. The summed E-state index contributed by atoms with van der Waals surface area (Å²) in [5, 5.41) is 12.0. The second kappa shape index (κ2) is 6.76. The van der Waals surface area contributed by atoms with Crippen molar-refractivity contribution in [2.24, 2.45) is 5.92 Å². The molecule has 0 spiro atoms. The van der Waals surface area contributed by atoms with Crippen molar-refractivity contribution in [3.05, 3.63) is 24.0 Å². The van der Waals surface area contributed by atoms with Gasteiger partial charge in [0.15, 0.2) is 0 Å². The van der Waals surface area contributed by atoms with Crippen molar-refractivity contribution < 1.29 is 19.1 Å². The van der Waals surface area contributed by atoms with Crippen LogP contribution in [0.3, 0.4) is 0 Å². The van der Waals surface area contributed by atoms with E-state index in [-0.39, 0.29) is 17.6 Å². The Hall–Kier alpha value is -2.15. The molecule has 1 amide bonds. The number of carbonyl (C=O) groups is 2. The van der Waals surface area contributed by atoms with Gasteiger partial charge in [0.05, 0.1) is 17.3 Å². The lowest BCUT2D eigenvalue weighted by Crippen LogP contribution is -2.49. The number of carboxylic acids is 1. The minimum absolute atomic E-state index is 0.0190. The smallest absolute Gasteiger partial charge is 0.320 e. The molecule has 0 aromatic heterocycles. The fraction of sp³-hybridized carbons (Fsp3) is 0.529. The van der Waals surface area contributed by atoms with Crippen molar-refractivity contribution in [3.63, 3.8) is 0 Å². The first kappa shape index (κ1) is 16.7. The summed E-state index contributed by atoms with van der Waals surface area (Å²) in [5.41, 5.74) is 1.44. The maximum atomic E-state index is 13.6. The Morgan fingerprint density at radius 1 is 1.25 bits per heavy atom. The molecule has 2 atom stereocenters. The quantitative estimate of drug-likeness (QED) is 0.856. The van der Waals surface area contributed by atoms with E-state index in [1.807, 2.05) is 11.9 Å². The van der Waals surface area contributed by atoms with Gasteiger partial charge in [0.2, 0.25) is 5.91 Å². The van der Waals surface area contributed by atoms with Gasteiger partial charge < -0.3 is 20.2 Å². The number of halogens is 1. The van der Waals surface area contributed by atoms with Gasteiger partial charge in [-0.2, -0.15) is 0 Å². The molecule has 130 valence electrons. The van der Waals surface area contributed by atoms with Gasteiger partial charge in [-0.25, -0.2) is 4.39 Å². The molecule has 3 rings (SSSR count). The van der Waals surface area contributed by atoms with E-state index in [9.17, 15) is 14.0 Å². The number of benzene rings is 1. The van der Waals surface area contributed by atoms with Crippen LogP contribution in [0.5, 0.6) is 0 Å². The highest BCUT2D eigenvalue weighted by Crippen LogP contribution is 2.34. The summed E-state index contributed by atoms with van der Waals surface area (Å²) in [5.74, 6) is -1.46. The number of aliphatic carboxylic acids is 1. The molecule has 0 saturated carbocycles. The first-order chi connectivity index (χ1) is 11.5. The van der Waals surface area contributed by atoms with Crippen LogP contribution in [0.4, 0.5) is 15.8 Å². The SMILES string of the molecule is CN1CCCN(C(=O)C2CCC(C(=O)O)NC2)c2ccc(F)cc21. The lowest BCUT2D eigenvalue weighted by atomic mass is 9.93. The van der Waals surface area contributed by atoms with Gasteiger partial charge in [0.1, 0.15) is 11.9 Å². The summed E-state index contributed by atoms with van der Waals surface area (Å²) in [6.07, 6.45) is 1.79. The molecule has 2 aliphatic rings. The lowest BCUT2D eigenvalue weighted by Gasteiger charge is -2.32. The Morgan fingerprint density at radius 3 is 2.71 bits per heavy atom. The van der Waals surface area contributed by atoms with Crippen LogP contribution >= 0.6 is 0 Å². The van der Waals surface area contributed by atoms with Gasteiger partial charge in [0, 0.05) is 26.7 Å². The molecule has 0 radical (unpaired) electrons. The van der Waals surface area contributed by atoms with E-state index in [0.717, 1.165) is 18.7 Å². The first-order valence-corrected chi connectivity index (χ1v) is 8.25. The van der Waals surface area contributed by atoms with Gasteiger partial charge in [-0.15, -0.1) is 0 Å². The molecular weight excluding hydrogens is 313 g/mol. The van der Waals surface area contributed by atoms with Crippen LogP contribution in [0.15, 0.2) is 18.2 Å². The minimum Gasteiger partial charge on any atom is -0.480 e. The highest BCUT2D eigenvalue weighted by Gasteiger charge is 2.33. The number of rotatable bonds is 2. The van der Waals surface area contributed by atoms with Crippen LogP contribution in [0.1, 0.15) is 19.3 Å². The van der Waals surface area contributed by atoms with Gasteiger partial charge in [-0.1, -0.05) is 0 Å². The number of anilines is 2. The molecule has 2 heterocycles. The predicted octanol–water partition coefficient (Wildman–Crippen LogP) is 1.45. The van der Waals surface area contributed by atoms with Crippen molar-refractivity contribution in [3.8, 4) is 0 Å². The summed E-state index contributed by atoms with van der Waals surface area (Å²) in [6, 6.07) is 3.91. The molecule has 0 bridgehead atoms. The second-order valence-electron chi connectivity index (χ2n) is 6.47. The van der Waals surface area contributed by atoms with Crippen molar-refractivity contribution in [1.29, 1.82) is 0 Å².